The Hall–Kier alpha value is -1.61. The van der Waals surface area contributed by atoms with Crippen molar-refractivity contribution in [2.24, 2.45) is 4.99 Å². The Balaban J connectivity index is 2.04. The third kappa shape index (κ3) is 5.20. The van der Waals surface area contributed by atoms with Gasteiger partial charge in [-0.25, -0.2) is 13.4 Å². The number of aryl methyl sites for hydroxylation is 2. The van der Waals surface area contributed by atoms with E-state index in [1.807, 2.05) is 20.8 Å². The van der Waals surface area contributed by atoms with E-state index >= 15 is 0 Å². The molecule has 2 rings (SSSR count). The summed E-state index contributed by atoms with van der Waals surface area (Å²) in [5.41, 5.74) is 1.99. The van der Waals surface area contributed by atoms with E-state index in [9.17, 15) is 8.42 Å². The molecule has 0 unspecified atom stereocenters. The van der Waals surface area contributed by atoms with Crippen LogP contribution in [-0.2, 0) is 29.4 Å². The van der Waals surface area contributed by atoms with Crippen LogP contribution in [0.25, 0.3) is 0 Å². The van der Waals surface area contributed by atoms with Crippen LogP contribution in [0.15, 0.2) is 9.52 Å². The second-order valence-corrected chi connectivity index (χ2v) is 8.42. The number of rotatable bonds is 8. The van der Waals surface area contributed by atoms with E-state index in [-0.39, 0.29) is 6.04 Å². The average molecular weight is 386 g/mol. The first-order chi connectivity index (χ1) is 12.4. The smallest absolute Gasteiger partial charge is 0.211 e. The largest absolute Gasteiger partial charge is 0.361 e. The van der Waals surface area contributed by atoms with Gasteiger partial charge in [-0.3, -0.25) is 0 Å². The number of nitrogens with zero attached hydrogens (tertiary/aromatic N) is 3. The minimum Gasteiger partial charge on any atom is -0.361 e. The van der Waals surface area contributed by atoms with E-state index < -0.39 is 10.0 Å². The molecular weight excluding hydrogens is 354 g/mol. The van der Waals surface area contributed by atoms with Gasteiger partial charge in [0.25, 0.3) is 0 Å². The van der Waals surface area contributed by atoms with Gasteiger partial charge in [-0.1, -0.05) is 19.0 Å². The van der Waals surface area contributed by atoms with Gasteiger partial charge in [0.15, 0.2) is 5.96 Å². The van der Waals surface area contributed by atoms with E-state index in [1.165, 1.54) is 6.26 Å². The number of nitrogens with one attached hydrogen (secondary N) is 2. The van der Waals surface area contributed by atoms with Crippen LogP contribution in [0.3, 0.4) is 0 Å². The number of hydrogen-bond acceptors (Lipinski definition) is 5. The van der Waals surface area contributed by atoms with E-state index in [0.29, 0.717) is 25.6 Å². The first kappa shape index (κ1) is 20.7. The van der Waals surface area contributed by atoms with Crippen LogP contribution >= 0.6 is 0 Å². The predicted octanol–water partition coefficient (Wildman–Crippen LogP) is 1.28. The zero-order valence-electron chi connectivity index (χ0n) is 16.2. The molecular formula is C17H31N5O3S. The summed E-state index contributed by atoms with van der Waals surface area (Å²) in [4.78, 5) is 4.65. The molecule has 1 fully saturated rings. The van der Waals surface area contributed by atoms with Gasteiger partial charge in [0, 0.05) is 37.7 Å². The summed E-state index contributed by atoms with van der Waals surface area (Å²) in [6.07, 6.45) is 4.63. The summed E-state index contributed by atoms with van der Waals surface area (Å²) < 4.78 is 30.7. The van der Waals surface area contributed by atoms with Crippen LogP contribution in [0.1, 0.15) is 50.6 Å². The van der Waals surface area contributed by atoms with Crippen molar-refractivity contribution in [1.82, 2.24) is 20.1 Å². The first-order valence-electron chi connectivity index (χ1n) is 9.35. The van der Waals surface area contributed by atoms with Gasteiger partial charge in [0.2, 0.25) is 10.0 Å². The molecule has 1 atom stereocenters. The fourth-order valence-corrected chi connectivity index (χ4v) is 4.46. The van der Waals surface area contributed by atoms with Crippen LogP contribution in [0.4, 0.5) is 0 Å². The van der Waals surface area contributed by atoms with Crippen LogP contribution < -0.4 is 10.6 Å². The maximum absolute atomic E-state index is 11.9. The zero-order valence-corrected chi connectivity index (χ0v) is 17.0. The second-order valence-electron chi connectivity index (χ2n) is 6.48. The molecule has 0 bridgehead atoms. The third-order valence-corrected chi connectivity index (χ3v) is 5.93. The minimum absolute atomic E-state index is 0.0261. The van der Waals surface area contributed by atoms with Gasteiger partial charge in [-0.15, -0.1) is 0 Å². The fraction of sp³-hybridized carbons (Fsp3) is 0.765. The molecule has 9 heteroatoms. The van der Waals surface area contributed by atoms with Crippen LogP contribution in [0.2, 0.25) is 0 Å². The monoisotopic (exact) mass is 385 g/mol. The summed E-state index contributed by atoms with van der Waals surface area (Å²) >= 11 is 0. The quantitative estimate of drug-likeness (QED) is 0.516. The van der Waals surface area contributed by atoms with Gasteiger partial charge in [-0.05, 0) is 26.2 Å². The Morgan fingerprint density at radius 2 is 2.08 bits per heavy atom. The normalized spacial score (nSPS) is 19.1. The molecule has 0 aromatic carbocycles. The van der Waals surface area contributed by atoms with Crippen molar-refractivity contribution in [1.29, 1.82) is 0 Å². The molecule has 1 aromatic rings. The lowest BCUT2D eigenvalue weighted by atomic mass is 10.1. The number of guanidine groups is 1. The Bertz CT molecular complexity index is 692. The molecule has 8 nitrogen and oxygen atoms in total. The maximum atomic E-state index is 11.9. The lowest BCUT2D eigenvalue weighted by Gasteiger charge is -2.23. The topological polar surface area (TPSA) is 99.8 Å². The van der Waals surface area contributed by atoms with E-state index in [2.05, 4.69) is 20.8 Å². The van der Waals surface area contributed by atoms with Crippen LogP contribution in [0.5, 0.6) is 0 Å². The van der Waals surface area contributed by atoms with Crippen molar-refractivity contribution >= 4 is 16.0 Å². The Morgan fingerprint density at radius 3 is 2.69 bits per heavy atom. The molecule has 2 N–H and O–H groups in total. The van der Waals surface area contributed by atoms with Crippen molar-refractivity contribution in [2.45, 2.75) is 59.0 Å². The lowest BCUT2D eigenvalue weighted by molar-refractivity contribution is 0.380. The highest BCUT2D eigenvalue weighted by molar-refractivity contribution is 7.88. The van der Waals surface area contributed by atoms with E-state index in [0.717, 1.165) is 49.2 Å². The predicted molar refractivity (Wildman–Crippen MR) is 103 cm³/mol. The van der Waals surface area contributed by atoms with Crippen molar-refractivity contribution in [2.75, 3.05) is 25.9 Å². The molecule has 0 saturated carbocycles. The maximum Gasteiger partial charge on any atom is 0.211 e. The van der Waals surface area contributed by atoms with Crippen LogP contribution in [-0.4, -0.2) is 55.8 Å². The first-order valence-corrected chi connectivity index (χ1v) is 11.2. The highest BCUT2D eigenvalue weighted by Crippen LogP contribution is 2.20. The summed E-state index contributed by atoms with van der Waals surface area (Å²) in [5, 5.41) is 10.6. The average Bonchev–Trinajstić information content (AvgIpc) is 3.23. The van der Waals surface area contributed by atoms with Crippen molar-refractivity contribution in [3.8, 4) is 0 Å². The zero-order chi connectivity index (χ0) is 19.2. The SMILES string of the molecule is CCNC(=NCc1c(CC)noc1CC)NC[C@H]1CCCN1S(C)(=O)=O. The molecule has 148 valence electrons. The Morgan fingerprint density at radius 1 is 1.31 bits per heavy atom. The van der Waals surface area contributed by atoms with E-state index in [4.69, 9.17) is 4.52 Å². The highest BCUT2D eigenvalue weighted by atomic mass is 32.2. The van der Waals surface area contributed by atoms with Gasteiger partial charge in [0.05, 0.1) is 18.5 Å². The molecule has 0 spiro atoms. The van der Waals surface area contributed by atoms with Gasteiger partial charge < -0.3 is 15.2 Å². The summed E-state index contributed by atoms with van der Waals surface area (Å²) in [6, 6.07) is -0.0261. The second kappa shape index (κ2) is 9.36. The minimum atomic E-state index is -3.17. The molecule has 26 heavy (non-hydrogen) atoms. The number of sulfonamides is 1. The molecule has 1 aliphatic rings. The molecule has 1 aliphatic heterocycles. The molecule has 0 radical (unpaired) electrons. The summed E-state index contributed by atoms with van der Waals surface area (Å²) in [7, 11) is -3.17. The highest BCUT2D eigenvalue weighted by Gasteiger charge is 2.31. The van der Waals surface area contributed by atoms with Crippen molar-refractivity contribution < 1.29 is 12.9 Å². The third-order valence-electron chi connectivity index (χ3n) is 4.60. The van der Waals surface area contributed by atoms with Gasteiger partial charge in [0.1, 0.15) is 5.76 Å². The molecule has 1 aromatic heterocycles. The molecule has 0 aliphatic carbocycles. The standard InChI is InChI=1S/C17H31N5O3S/c1-5-15-14(16(6-2)25-21-15)12-20-17(18-7-3)19-11-13-9-8-10-22(13)26(4,23)24/h13H,5-12H2,1-4H3,(H2,18,19,20)/t13-/m1/s1. The fourth-order valence-electron chi connectivity index (χ4n) is 3.28. The Labute approximate surface area is 156 Å². The summed E-state index contributed by atoms with van der Waals surface area (Å²) in [5.74, 6) is 1.55. The van der Waals surface area contributed by atoms with Crippen molar-refractivity contribution in [3.63, 3.8) is 0 Å². The number of hydrogen-bond donors (Lipinski definition) is 2. The van der Waals surface area contributed by atoms with Gasteiger partial charge in [-0.2, -0.15) is 4.31 Å². The van der Waals surface area contributed by atoms with Crippen LogP contribution in [0, 0.1) is 0 Å². The Kier molecular flexibility index (Phi) is 7.45. The molecule has 2 heterocycles. The van der Waals surface area contributed by atoms with E-state index in [1.54, 1.807) is 4.31 Å². The molecule has 1 saturated heterocycles. The number of aromatic nitrogens is 1. The lowest BCUT2D eigenvalue weighted by Crippen LogP contribution is -2.46. The van der Waals surface area contributed by atoms with Gasteiger partial charge >= 0.3 is 0 Å². The molecule has 0 amide bonds. The number of aliphatic imine (C=N–C) groups is 1. The van der Waals surface area contributed by atoms with Crippen molar-refractivity contribution in [3.05, 3.63) is 17.0 Å². The summed E-state index contributed by atoms with van der Waals surface area (Å²) in [6.45, 7) is 8.46.